The normalized spacial score (nSPS) is 9.18. The minimum atomic E-state index is -0.749. The second-order valence-electron chi connectivity index (χ2n) is 2.24. The van der Waals surface area contributed by atoms with E-state index in [4.69, 9.17) is 10.4 Å². The van der Waals surface area contributed by atoms with E-state index < -0.39 is 5.82 Å². The molecule has 1 N–H and O–H groups in total. The molecule has 1 rings (SSSR count). The van der Waals surface area contributed by atoms with Gasteiger partial charge < -0.3 is 5.11 Å². The smallest absolute Gasteiger partial charge is 0.166 e. The van der Waals surface area contributed by atoms with Crippen molar-refractivity contribution in [1.29, 1.82) is 5.26 Å². The molecule has 0 amide bonds. The van der Waals surface area contributed by atoms with Crippen LogP contribution in [0.1, 0.15) is 11.1 Å². The van der Waals surface area contributed by atoms with E-state index in [1.54, 1.807) is 13.0 Å². The van der Waals surface area contributed by atoms with Crippen molar-refractivity contribution in [3.63, 3.8) is 0 Å². The van der Waals surface area contributed by atoms with Gasteiger partial charge in [0, 0.05) is 0 Å². The fourth-order valence-electron chi connectivity index (χ4n) is 0.801. The number of nitrogens with zero attached hydrogens (tertiary/aromatic N) is 1. The van der Waals surface area contributed by atoms with Crippen molar-refractivity contribution >= 4 is 0 Å². The maximum Gasteiger partial charge on any atom is 0.166 e. The highest BCUT2D eigenvalue weighted by molar-refractivity contribution is 5.41. The van der Waals surface area contributed by atoms with Crippen molar-refractivity contribution in [1.82, 2.24) is 0 Å². The fraction of sp³-hybridized carbons (Fsp3) is 0.125. The number of aryl methyl sites for hydroxylation is 1. The number of benzene rings is 1. The third kappa shape index (κ3) is 1.30. The molecule has 2 nitrogen and oxygen atoms in total. The van der Waals surface area contributed by atoms with Gasteiger partial charge in [-0.2, -0.15) is 5.26 Å². The van der Waals surface area contributed by atoms with Crippen LogP contribution in [0.2, 0.25) is 0 Å². The second kappa shape index (κ2) is 2.59. The number of aromatic hydroxyl groups is 1. The Balaban J connectivity index is 3.35. The molecule has 1 aromatic rings. The molecule has 0 saturated heterocycles. The monoisotopic (exact) mass is 151 g/mol. The zero-order chi connectivity index (χ0) is 8.43. The largest absolute Gasteiger partial charge is 0.505 e. The lowest BCUT2D eigenvalue weighted by atomic mass is 10.1. The summed E-state index contributed by atoms with van der Waals surface area (Å²) in [6.45, 7) is 1.54. The lowest BCUT2D eigenvalue weighted by Gasteiger charge is -1.98. The van der Waals surface area contributed by atoms with Gasteiger partial charge in [-0.3, -0.25) is 0 Å². The first-order valence-electron chi connectivity index (χ1n) is 3.04. The van der Waals surface area contributed by atoms with Gasteiger partial charge in [0.2, 0.25) is 0 Å². The molecule has 0 aromatic heterocycles. The molecule has 0 heterocycles. The number of nitriles is 1. The van der Waals surface area contributed by atoms with Crippen molar-refractivity contribution in [2.45, 2.75) is 6.92 Å². The van der Waals surface area contributed by atoms with E-state index in [2.05, 4.69) is 0 Å². The summed E-state index contributed by atoms with van der Waals surface area (Å²) in [5, 5.41) is 17.3. The Bertz CT molecular complexity index is 304. The molecule has 3 heteroatoms. The molecule has 11 heavy (non-hydrogen) atoms. The van der Waals surface area contributed by atoms with Gasteiger partial charge in [0.15, 0.2) is 11.6 Å². The summed E-state index contributed by atoms with van der Waals surface area (Å²) in [5.41, 5.74) is 0.597. The average molecular weight is 151 g/mol. The Kier molecular flexibility index (Phi) is 1.77. The van der Waals surface area contributed by atoms with Gasteiger partial charge in [0.1, 0.15) is 0 Å². The molecule has 0 radical (unpaired) electrons. The molecule has 1 aromatic carbocycles. The summed E-state index contributed by atoms with van der Waals surface area (Å²) in [6.07, 6.45) is 0. The van der Waals surface area contributed by atoms with Gasteiger partial charge in [-0.15, -0.1) is 0 Å². The van der Waals surface area contributed by atoms with Crippen molar-refractivity contribution < 1.29 is 9.50 Å². The van der Waals surface area contributed by atoms with E-state index in [1.807, 2.05) is 0 Å². The molecule has 0 bridgehead atoms. The molecule has 56 valence electrons. The highest BCUT2D eigenvalue weighted by atomic mass is 19.1. The first-order valence-corrected chi connectivity index (χ1v) is 3.04. The molecule has 0 spiro atoms. The molecule has 0 atom stereocenters. The second-order valence-corrected chi connectivity index (χ2v) is 2.24. The van der Waals surface area contributed by atoms with E-state index >= 15 is 0 Å². The average Bonchev–Trinajstić information content (AvgIpc) is 1.99. The summed E-state index contributed by atoms with van der Waals surface area (Å²) in [6, 6.07) is 4.22. The van der Waals surface area contributed by atoms with Crippen LogP contribution in [0.5, 0.6) is 5.75 Å². The summed E-state index contributed by atoms with van der Waals surface area (Å²) < 4.78 is 12.6. The predicted molar refractivity (Wildman–Crippen MR) is 37.5 cm³/mol. The van der Waals surface area contributed by atoms with E-state index in [0.29, 0.717) is 5.56 Å². The molecular formula is C8H6FNO. The van der Waals surface area contributed by atoms with Gasteiger partial charge in [0.05, 0.1) is 11.6 Å². The van der Waals surface area contributed by atoms with Crippen molar-refractivity contribution in [2.75, 3.05) is 0 Å². The summed E-state index contributed by atoms with van der Waals surface area (Å²) in [4.78, 5) is 0. The van der Waals surface area contributed by atoms with Crippen LogP contribution >= 0.6 is 0 Å². The van der Waals surface area contributed by atoms with Crippen molar-refractivity contribution in [3.8, 4) is 11.8 Å². The number of rotatable bonds is 0. The predicted octanol–water partition coefficient (Wildman–Crippen LogP) is 1.71. The first kappa shape index (κ1) is 7.55. The van der Waals surface area contributed by atoms with Crippen molar-refractivity contribution in [3.05, 3.63) is 29.1 Å². The van der Waals surface area contributed by atoms with Crippen LogP contribution in [0.4, 0.5) is 4.39 Å². The maximum absolute atomic E-state index is 12.6. The molecule has 0 unspecified atom stereocenters. The minimum absolute atomic E-state index is 0.220. The number of hydrogen-bond donors (Lipinski definition) is 1. The molecule has 0 fully saturated rings. The molecule has 0 aliphatic carbocycles. The van der Waals surface area contributed by atoms with Gasteiger partial charge >= 0.3 is 0 Å². The third-order valence-electron chi connectivity index (χ3n) is 1.38. The highest BCUT2D eigenvalue weighted by Crippen LogP contribution is 2.21. The van der Waals surface area contributed by atoms with Gasteiger partial charge in [0.25, 0.3) is 0 Å². The minimum Gasteiger partial charge on any atom is -0.505 e. The standard InChI is InChI=1S/C8H6FNO/c1-5-2-6(4-10)3-7(9)8(5)11/h2-3,11H,1H3. The van der Waals surface area contributed by atoms with E-state index in [1.165, 1.54) is 6.07 Å². The van der Waals surface area contributed by atoms with Gasteiger partial charge in [-0.1, -0.05) is 0 Å². The van der Waals surface area contributed by atoms with Crippen LogP contribution in [-0.4, -0.2) is 5.11 Å². The first-order chi connectivity index (χ1) is 5.15. The zero-order valence-corrected chi connectivity index (χ0v) is 5.93. The van der Waals surface area contributed by atoms with Crippen molar-refractivity contribution in [2.24, 2.45) is 0 Å². The van der Waals surface area contributed by atoms with Crippen LogP contribution in [-0.2, 0) is 0 Å². The molecule has 0 aliphatic heterocycles. The zero-order valence-electron chi connectivity index (χ0n) is 5.93. The summed E-state index contributed by atoms with van der Waals surface area (Å²) in [5.74, 6) is -1.13. The number of phenols is 1. The number of hydrogen-bond acceptors (Lipinski definition) is 2. The lowest BCUT2D eigenvalue weighted by molar-refractivity contribution is 0.428. The Morgan fingerprint density at radius 1 is 1.55 bits per heavy atom. The van der Waals surface area contributed by atoms with Gasteiger partial charge in [-0.05, 0) is 24.6 Å². The Morgan fingerprint density at radius 3 is 2.64 bits per heavy atom. The molecule has 0 aliphatic rings. The SMILES string of the molecule is Cc1cc(C#N)cc(F)c1O. The van der Waals surface area contributed by atoms with Crippen LogP contribution in [0.25, 0.3) is 0 Å². The van der Waals surface area contributed by atoms with Crippen LogP contribution in [0.15, 0.2) is 12.1 Å². The quantitative estimate of drug-likeness (QED) is 0.613. The topological polar surface area (TPSA) is 44.0 Å². The van der Waals surface area contributed by atoms with E-state index in [9.17, 15) is 4.39 Å². The van der Waals surface area contributed by atoms with Crippen LogP contribution in [0.3, 0.4) is 0 Å². The van der Waals surface area contributed by atoms with Crippen LogP contribution < -0.4 is 0 Å². The fourth-order valence-corrected chi connectivity index (χ4v) is 0.801. The summed E-state index contributed by atoms with van der Waals surface area (Å²) >= 11 is 0. The summed E-state index contributed by atoms with van der Waals surface area (Å²) in [7, 11) is 0. The van der Waals surface area contributed by atoms with E-state index in [0.717, 1.165) is 6.07 Å². The number of halogens is 1. The van der Waals surface area contributed by atoms with Gasteiger partial charge in [-0.25, -0.2) is 4.39 Å². The van der Waals surface area contributed by atoms with Crippen LogP contribution in [0, 0.1) is 24.1 Å². The molecular weight excluding hydrogens is 145 g/mol. The number of phenolic OH excluding ortho intramolecular Hbond substituents is 1. The van der Waals surface area contributed by atoms with E-state index in [-0.39, 0.29) is 11.3 Å². The third-order valence-corrected chi connectivity index (χ3v) is 1.38. The Labute approximate surface area is 63.5 Å². The Hall–Kier alpha value is -1.56. The highest BCUT2D eigenvalue weighted by Gasteiger charge is 2.04. The molecule has 0 saturated carbocycles. The maximum atomic E-state index is 12.6. The lowest BCUT2D eigenvalue weighted by Crippen LogP contribution is -1.84. The Morgan fingerprint density at radius 2 is 2.18 bits per heavy atom.